The third-order valence-corrected chi connectivity index (χ3v) is 4.86. The Balaban J connectivity index is 2.09. The zero-order chi connectivity index (χ0) is 16.2. The van der Waals surface area contributed by atoms with E-state index in [0.29, 0.717) is 5.92 Å². The van der Waals surface area contributed by atoms with Crippen LogP contribution in [0.5, 0.6) is 0 Å². The lowest BCUT2D eigenvalue weighted by Gasteiger charge is -2.36. The van der Waals surface area contributed by atoms with Gasteiger partial charge >= 0.3 is 0 Å². The minimum atomic E-state index is -0.179. The summed E-state index contributed by atoms with van der Waals surface area (Å²) in [4.78, 5) is 14.0. The molecule has 1 aliphatic heterocycles. The number of nitrogens with zero attached hydrogens (tertiary/aromatic N) is 1. The highest BCUT2D eigenvalue weighted by molar-refractivity contribution is 6.30. The van der Waals surface area contributed by atoms with E-state index in [2.05, 4.69) is 35.9 Å². The Bertz CT molecular complexity index is 528. The normalized spacial score (nSPS) is 20.5. The SMILES string of the molecule is C=CCCC(C)(NC(C)=O)C1CCN(c2ccc(Cl)cc2)C1. The number of benzene rings is 1. The first kappa shape index (κ1) is 16.9. The van der Waals surface area contributed by atoms with E-state index >= 15 is 0 Å². The molecule has 1 heterocycles. The van der Waals surface area contributed by atoms with Gasteiger partial charge in [0.05, 0.1) is 0 Å². The van der Waals surface area contributed by atoms with Crippen LogP contribution in [0.4, 0.5) is 5.69 Å². The number of rotatable bonds is 6. The maximum atomic E-state index is 11.6. The van der Waals surface area contributed by atoms with Crippen LogP contribution in [0.1, 0.15) is 33.1 Å². The molecule has 1 fully saturated rings. The van der Waals surface area contributed by atoms with Gasteiger partial charge in [-0.1, -0.05) is 17.7 Å². The molecule has 2 atom stereocenters. The average molecular weight is 321 g/mol. The number of halogens is 1. The molecule has 0 spiro atoms. The van der Waals surface area contributed by atoms with Crippen LogP contribution in [-0.2, 0) is 4.79 Å². The van der Waals surface area contributed by atoms with Gasteiger partial charge in [0.2, 0.25) is 5.91 Å². The van der Waals surface area contributed by atoms with E-state index in [1.165, 1.54) is 5.69 Å². The van der Waals surface area contributed by atoms with Crippen molar-refractivity contribution < 1.29 is 4.79 Å². The van der Waals surface area contributed by atoms with Crippen molar-refractivity contribution in [2.45, 2.75) is 38.6 Å². The molecule has 120 valence electrons. The lowest BCUT2D eigenvalue weighted by molar-refractivity contribution is -0.121. The van der Waals surface area contributed by atoms with Crippen LogP contribution in [0.25, 0.3) is 0 Å². The van der Waals surface area contributed by atoms with Crippen molar-refractivity contribution in [1.29, 1.82) is 0 Å². The third-order valence-electron chi connectivity index (χ3n) is 4.61. The summed E-state index contributed by atoms with van der Waals surface area (Å²) in [5.74, 6) is 0.475. The summed E-state index contributed by atoms with van der Waals surface area (Å²) in [6.45, 7) is 9.52. The quantitative estimate of drug-likeness (QED) is 0.803. The van der Waals surface area contributed by atoms with Crippen molar-refractivity contribution in [3.8, 4) is 0 Å². The molecule has 0 radical (unpaired) electrons. The summed E-state index contributed by atoms with van der Waals surface area (Å²) in [6, 6.07) is 7.97. The molecule has 2 rings (SSSR count). The van der Waals surface area contributed by atoms with Crippen LogP contribution in [-0.4, -0.2) is 24.5 Å². The zero-order valence-corrected chi connectivity index (χ0v) is 14.2. The Morgan fingerprint density at radius 3 is 2.77 bits per heavy atom. The number of carbonyl (C=O) groups excluding carboxylic acids is 1. The van der Waals surface area contributed by atoms with Crippen molar-refractivity contribution in [3.05, 3.63) is 41.9 Å². The van der Waals surface area contributed by atoms with Crippen LogP contribution >= 0.6 is 11.6 Å². The molecule has 1 amide bonds. The molecule has 1 aromatic rings. The van der Waals surface area contributed by atoms with Gasteiger partial charge in [-0.25, -0.2) is 0 Å². The Kier molecular flexibility index (Phi) is 5.52. The highest BCUT2D eigenvalue weighted by Gasteiger charge is 2.38. The monoisotopic (exact) mass is 320 g/mol. The minimum absolute atomic E-state index is 0.0384. The molecular formula is C18H25ClN2O. The minimum Gasteiger partial charge on any atom is -0.371 e. The molecule has 2 unspecified atom stereocenters. The molecule has 1 aromatic carbocycles. The molecule has 22 heavy (non-hydrogen) atoms. The van der Waals surface area contributed by atoms with Gasteiger partial charge in [-0.2, -0.15) is 0 Å². The summed E-state index contributed by atoms with van der Waals surface area (Å²) in [5, 5.41) is 3.94. The second kappa shape index (κ2) is 7.19. The highest BCUT2D eigenvalue weighted by atomic mass is 35.5. The van der Waals surface area contributed by atoms with E-state index in [9.17, 15) is 4.79 Å². The van der Waals surface area contributed by atoms with Gasteiger partial charge in [-0.3, -0.25) is 4.79 Å². The molecule has 1 saturated heterocycles. The predicted molar refractivity (Wildman–Crippen MR) is 93.4 cm³/mol. The fourth-order valence-corrected chi connectivity index (χ4v) is 3.47. The van der Waals surface area contributed by atoms with Crippen molar-refractivity contribution in [2.24, 2.45) is 5.92 Å². The first-order chi connectivity index (χ1) is 10.4. The Morgan fingerprint density at radius 2 is 2.18 bits per heavy atom. The summed E-state index contributed by atoms with van der Waals surface area (Å²) in [6.07, 6.45) is 4.84. The summed E-state index contributed by atoms with van der Waals surface area (Å²) < 4.78 is 0. The molecule has 0 aliphatic carbocycles. The largest absolute Gasteiger partial charge is 0.371 e. The Labute approximate surface area is 138 Å². The molecule has 3 nitrogen and oxygen atoms in total. The van der Waals surface area contributed by atoms with Crippen molar-refractivity contribution in [1.82, 2.24) is 5.32 Å². The number of nitrogens with one attached hydrogen (secondary N) is 1. The topological polar surface area (TPSA) is 32.3 Å². The Morgan fingerprint density at radius 1 is 1.50 bits per heavy atom. The van der Waals surface area contributed by atoms with E-state index in [1.54, 1.807) is 6.92 Å². The first-order valence-electron chi connectivity index (χ1n) is 7.85. The standard InChI is InChI=1S/C18H25ClN2O/c1-4-5-11-18(3,20-14(2)22)15-10-12-21(13-15)17-8-6-16(19)7-9-17/h4,6-9,15H,1,5,10-13H2,2-3H3,(H,20,22). The average Bonchev–Trinajstić information content (AvgIpc) is 2.96. The predicted octanol–water partition coefficient (Wildman–Crippen LogP) is 4.03. The molecule has 0 saturated carbocycles. The molecular weight excluding hydrogens is 296 g/mol. The number of amides is 1. The smallest absolute Gasteiger partial charge is 0.217 e. The second-order valence-electron chi connectivity index (χ2n) is 6.33. The number of hydrogen-bond donors (Lipinski definition) is 1. The summed E-state index contributed by atoms with van der Waals surface area (Å²) >= 11 is 5.96. The summed E-state index contributed by atoms with van der Waals surface area (Å²) in [7, 11) is 0. The van der Waals surface area contributed by atoms with Gasteiger partial charge in [0.15, 0.2) is 0 Å². The maximum absolute atomic E-state index is 11.6. The van der Waals surface area contributed by atoms with Gasteiger partial charge in [0.25, 0.3) is 0 Å². The summed E-state index contributed by atoms with van der Waals surface area (Å²) in [5.41, 5.74) is 1.02. The van der Waals surface area contributed by atoms with Gasteiger partial charge in [0, 0.05) is 42.2 Å². The Hall–Kier alpha value is -1.48. The first-order valence-corrected chi connectivity index (χ1v) is 8.22. The lowest BCUT2D eigenvalue weighted by atomic mass is 9.81. The number of hydrogen-bond acceptors (Lipinski definition) is 2. The molecule has 4 heteroatoms. The second-order valence-corrected chi connectivity index (χ2v) is 6.77. The maximum Gasteiger partial charge on any atom is 0.217 e. The van der Waals surface area contributed by atoms with Gasteiger partial charge in [-0.05, 0) is 50.5 Å². The number of carbonyl (C=O) groups is 1. The van der Waals surface area contributed by atoms with Crippen LogP contribution in [0, 0.1) is 5.92 Å². The van der Waals surface area contributed by atoms with E-state index in [0.717, 1.165) is 37.4 Å². The number of anilines is 1. The van der Waals surface area contributed by atoms with E-state index in [-0.39, 0.29) is 11.4 Å². The van der Waals surface area contributed by atoms with Gasteiger partial charge < -0.3 is 10.2 Å². The fraction of sp³-hybridized carbons (Fsp3) is 0.500. The lowest BCUT2D eigenvalue weighted by Crippen LogP contribution is -2.51. The van der Waals surface area contributed by atoms with Gasteiger partial charge in [0.1, 0.15) is 0 Å². The fourth-order valence-electron chi connectivity index (χ4n) is 3.34. The van der Waals surface area contributed by atoms with Crippen molar-refractivity contribution >= 4 is 23.2 Å². The zero-order valence-electron chi connectivity index (χ0n) is 13.4. The van der Waals surface area contributed by atoms with E-state index in [4.69, 9.17) is 11.6 Å². The van der Waals surface area contributed by atoms with Crippen molar-refractivity contribution in [2.75, 3.05) is 18.0 Å². The molecule has 1 aliphatic rings. The third kappa shape index (κ3) is 4.04. The van der Waals surface area contributed by atoms with Crippen LogP contribution in [0.2, 0.25) is 5.02 Å². The molecule has 0 bridgehead atoms. The van der Waals surface area contributed by atoms with Crippen molar-refractivity contribution in [3.63, 3.8) is 0 Å². The van der Waals surface area contributed by atoms with Gasteiger partial charge in [-0.15, -0.1) is 6.58 Å². The van der Waals surface area contributed by atoms with Crippen LogP contribution in [0.3, 0.4) is 0 Å². The molecule has 0 aromatic heterocycles. The van der Waals surface area contributed by atoms with E-state index in [1.807, 2.05) is 18.2 Å². The van der Waals surface area contributed by atoms with Crippen LogP contribution in [0.15, 0.2) is 36.9 Å². The van der Waals surface area contributed by atoms with E-state index < -0.39 is 0 Å². The number of allylic oxidation sites excluding steroid dienone is 1. The van der Waals surface area contributed by atoms with Crippen LogP contribution < -0.4 is 10.2 Å². The highest BCUT2D eigenvalue weighted by Crippen LogP contribution is 2.34. The molecule has 1 N–H and O–H groups in total.